The summed E-state index contributed by atoms with van der Waals surface area (Å²) in [7, 11) is 6.50. The van der Waals surface area contributed by atoms with Gasteiger partial charge in [-0.3, -0.25) is 4.98 Å². The van der Waals surface area contributed by atoms with Gasteiger partial charge in [-0.1, -0.05) is 42.5 Å². The molecule has 1 N–H and O–H groups in total. The molecule has 0 aliphatic heterocycles. The maximum absolute atomic E-state index is 13.9. The molecule has 9 heteroatoms. The summed E-state index contributed by atoms with van der Waals surface area (Å²) in [6, 6.07) is 24.2. The van der Waals surface area contributed by atoms with Gasteiger partial charge in [-0.25, -0.2) is 18.9 Å². The number of aromatic nitrogens is 6. The van der Waals surface area contributed by atoms with Crippen LogP contribution in [0.5, 0.6) is 0 Å². The number of aromatic amines is 1. The first-order valence-corrected chi connectivity index (χ1v) is 12.2. The monoisotopic (exact) mass is 499 g/mol. The van der Waals surface area contributed by atoms with Crippen molar-refractivity contribution in [2.24, 2.45) is 0 Å². The molecule has 0 amide bonds. The van der Waals surface area contributed by atoms with E-state index in [0.29, 0.717) is 18.9 Å². The number of aryl methyl sites for hydroxylation is 1. The Morgan fingerprint density at radius 1 is 0.921 bits per heavy atom. The molecule has 7 nitrogen and oxygen atoms in total. The van der Waals surface area contributed by atoms with Crippen molar-refractivity contribution in [1.82, 2.24) is 34.4 Å². The van der Waals surface area contributed by atoms with E-state index in [2.05, 4.69) is 15.1 Å². The average molecular weight is 499 g/mol. The molecular formula is C29H23BFN7. The quantitative estimate of drug-likeness (QED) is 0.299. The zero-order chi connectivity index (χ0) is 26.1. The number of nitrogens with one attached hydrogen (secondary N) is 1. The predicted molar refractivity (Wildman–Crippen MR) is 145 cm³/mol. The van der Waals surface area contributed by atoms with Crippen LogP contribution in [0, 0.1) is 12.7 Å². The summed E-state index contributed by atoms with van der Waals surface area (Å²) in [5, 5.41) is 4.26. The Morgan fingerprint density at radius 2 is 1.79 bits per heavy atom. The highest BCUT2D eigenvalue weighted by Gasteiger charge is 2.18. The van der Waals surface area contributed by atoms with Crippen LogP contribution in [0.3, 0.4) is 0 Å². The normalized spacial score (nSPS) is 11.4. The maximum atomic E-state index is 13.9. The summed E-state index contributed by atoms with van der Waals surface area (Å²) in [5.74, 6) is 0.425. The molecule has 2 radical (unpaired) electrons. The van der Waals surface area contributed by atoms with Crippen molar-refractivity contribution in [2.45, 2.75) is 20.0 Å². The van der Waals surface area contributed by atoms with E-state index < -0.39 is 0 Å². The third kappa shape index (κ3) is 4.84. The summed E-state index contributed by atoms with van der Waals surface area (Å²) >= 11 is 0. The number of nitrogens with zero attached hydrogens (tertiary/aromatic N) is 6. The number of pyridine rings is 2. The Labute approximate surface area is 220 Å². The lowest BCUT2D eigenvalue weighted by atomic mass is 9.98. The molecule has 0 aliphatic rings. The van der Waals surface area contributed by atoms with Crippen molar-refractivity contribution >= 4 is 13.6 Å². The van der Waals surface area contributed by atoms with Crippen LogP contribution in [-0.2, 0) is 13.1 Å². The number of hydrogen-bond donors (Lipinski definition) is 1. The van der Waals surface area contributed by atoms with Crippen molar-refractivity contribution < 1.29 is 4.39 Å². The molecule has 4 heterocycles. The van der Waals surface area contributed by atoms with E-state index in [-0.39, 0.29) is 5.82 Å². The van der Waals surface area contributed by atoms with E-state index in [4.69, 9.17) is 17.9 Å². The second-order valence-electron chi connectivity index (χ2n) is 9.12. The molecule has 184 valence electrons. The number of benzene rings is 2. The highest BCUT2D eigenvalue weighted by atomic mass is 19.1. The van der Waals surface area contributed by atoms with Crippen molar-refractivity contribution in [1.29, 1.82) is 0 Å². The van der Waals surface area contributed by atoms with Gasteiger partial charge in [-0.15, -0.1) is 0 Å². The van der Waals surface area contributed by atoms with Crippen molar-refractivity contribution in [2.75, 3.05) is 0 Å². The number of fused-ring (bicyclic) bond motifs is 1. The summed E-state index contributed by atoms with van der Waals surface area (Å²) in [6.45, 7) is 2.77. The van der Waals surface area contributed by atoms with E-state index >= 15 is 0 Å². The fourth-order valence-corrected chi connectivity index (χ4v) is 4.59. The van der Waals surface area contributed by atoms with Gasteiger partial charge in [0.25, 0.3) is 0 Å². The Balaban J connectivity index is 1.32. The van der Waals surface area contributed by atoms with Crippen molar-refractivity contribution in [3.8, 4) is 33.8 Å². The molecule has 2 aromatic carbocycles. The van der Waals surface area contributed by atoms with E-state index in [1.165, 1.54) is 18.5 Å². The smallest absolute Gasteiger partial charge is 0.183 e. The number of halogens is 1. The molecular weight excluding hydrogens is 476 g/mol. The molecule has 38 heavy (non-hydrogen) atoms. The zero-order valence-corrected chi connectivity index (χ0v) is 20.7. The van der Waals surface area contributed by atoms with E-state index in [1.54, 1.807) is 15.4 Å². The summed E-state index contributed by atoms with van der Waals surface area (Å²) in [6.07, 6.45) is 3.42. The number of hydrogen-bond acceptors (Lipinski definition) is 5. The molecule has 0 saturated heterocycles. The van der Waals surface area contributed by atoms with E-state index in [9.17, 15) is 4.39 Å². The van der Waals surface area contributed by atoms with E-state index in [0.717, 1.165) is 50.7 Å². The molecule has 6 aromatic rings. The third-order valence-electron chi connectivity index (χ3n) is 6.32. The van der Waals surface area contributed by atoms with Gasteiger partial charge in [0.1, 0.15) is 18.0 Å². The topological polar surface area (TPSA) is 75.0 Å². The molecule has 0 aliphatic carbocycles. The van der Waals surface area contributed by atoms with Crippen LogP contribution in [0.1, 0.15) is 17.1 Å². The van der Waals surface area contributed by atoms with Gasteiger partial charge in [0.15, 0.2) is 13.6 Å². The Bertz CT molecular complexity index is 1740. The molecule has 0 bridgehead atoms. The predicted octanol–water partition coefficient (Wildman–Crippen LogP) is 5.38. The van der Waals surface area contributed by atoms with Crippen molar-refractivity contribution in [3.05, 3.63) is 114 Å². The van der Waals surface area contributed by atoms with Crippen LogP contribution in [-0.4, -0.2) is 42.3 Å². The highest BCUT2D eigenvalue weighted by Crippen LogP contribution is 2.30. The van der Waals surface area contributed by atoms with Crippen LogP contribution in [0.2, 0.25) is 0 Å². The first kappa shape index (κ1) is 23.8. The second kappa shape index (κ2) is 10.0. The summed E-state index contributed by atoms with van der Waals surface area (Å²) in [4.78, 5) is 19.0. The molecule has 0 atom stereocenters. The standard InChI is InChI=1S/C29H23BFN7/c1-19-6-4-11-25(34-19)29-28(22-12-13-27-32-18-33-38(27)16-22)35-26(36-29)17-37(30)15-21-7-2-3-10-24(21)20-8-5-9-23(31)14-20/h2-14,16,18H,15,17H2,1H3,(H,35,36). The Kier molecular flexibility index (Phi) is 6.27. The molecule has 0 fully saturated rings. The van der Waals surface area contributed by atoms with Crippen molar-refractivity contribution in [3.63, 3.8) is 0 Å². The lowest BCUT2D eigenvalue weighted by Crippen LogP contribution is -2.20. The number of H-pyrrole nitrogens is 1. The van der Waals surface area contributed by atoms with Gasteiger partial charge >= 0.3 is 0 Å². The molecule has 0 saturated carbocycles. The molecule has 6 rings (SSSR count). The van der Waals surface area contributed by atoms with Crippen LogP contribution in [0.25, 0.3) is 39.4 Å². The minimum atomic E-state index is -0.272. The lowest BCUT2D eigenvalue weighted by Gasteiger charge is -2.18. The van der Waals surface area contributed by atoms with Gasteiger partial charge in [0.2, 0.25) is 0 Å². The van der Waals surface area contributed by atoms with Gasteiger partial charge in [0, 0.05) is 30.5 Å². The largest absolute Gasteiger partial charge is 0.344 e. The van der Waals surface area contributed by atoms with Crippen LogP contribution in [0.15, 0.2) is 91.4 Å². The molecule has 4 aromatic heterocycles. The minimum Gasteiger partial charge on any atom is -0.344 e. The van der Waals surface area contributed by atoms with Gasteiger partial charge in [0.05, 0.1) is 17.1 Å². The fraction of sp³-hybridized carbons (Fsp3) is 0.103. The number of imidazole rings is 1. The van der Waals surface area contributed by atoms with Crippen LogP contribution >= 0.6 is 0 Å². The minimum absolute atomic E-state index is 0.272. The fourth-order valence-electron chi connectivity index (χ4n) is 4.59. The second-order valence-corrected chi connectivity index (χ2v) is 9.12. The molecule has 0 spiro atoms. The SMILES string of the molecule is [B]N(Cc1nc(-c2ccc3ncnn3c2)c(-c2cccc(C)n2)[nH]1)Cc1ccccc1-c1cccc(F)c1. The first-order valence-electron chi connectivity index (χ1n) is 12.2. The van der Waals surface area contributed by atoms with Gasteiger partial charge < -0.3 is 9.79 Å². The summed E-state index contributed by atoms with van der Waals surface area (Å²) < 4.78 is 15.6. The number of rotatable bonds is 7. The average Bonchev–Trinajstić information content (AvgIpc) is 3.55. The first-order chi connectivity index (χ1) is 18.5. The van der Waals surface area contributed by atoms with Gasteiger partial charge in [-0.2, -0.15) is 5.10 Å². The molecule has 0 unspecified atom stereocenters. The lowest BCUT2D eigenvalue weighted by molar-refractivity contribution is 0.433. The van der Waals surface area contributed by atoms with Crippen LogP contribution < -0.4 is 0 Å². The van der Waals surface area contributed by atoms with E-state index in [1.807, 2.05) is 73.8 Å². The third-order valence-corrected chi connectivity index (χ3v) is 6.32. The zero-order valence-electron chi connectivity index (χ0n) is 20.7. The van der Waals surface area contributed by atoms with Gasteiger partial charge in [-0.05, 0) is 60.0 Å². The van der Waals surface area contributed by atoms with Crippen LogP contribution in [0.4, 0.5) is 4.39 Å². The summed E-state index contributed by atoms with van der Waals surface area (Å²) in [5.41, 5.74) is 7.63. The Morgan fingerprint density at radius 3 is 2.66 bits per heavy atom. The Hall–Kier alpha value is -4.63. The maximum Gasteiger partial charge on any atom is 0.183 e. The highest BCUT2D eigenvalue weighted by molar-refractivity contribution is 6.04.